The molecule has 0 saturated heterocycles. The quantitative estimate of drug-likeness (QED) is 0.806. The van der Waals surface area contributed by atoms with Gasteiger partial charge in [-0.3, -0.25) is 0 Å². The van der Waals surface area contributed by atoms with Crippen molar-refractivity contribution < 1.29 is 17.2 Å². The van der Waals surface area contributed by atoms with Crippen molar-refractivity contribution in [2.45, 2.75) is 31.4 Å². The van der Waals surface area contributed by atoms with E-state index in [1.54, 1.807) is 20.0 Å². The normalized spacial score (nSPS) is 18.6. The van der Waals surface area contributed by atoms with Crippen molar-refractivity contribution in [2.75, 3.05) is 17.9 Å². The van der Waals surface area contributed by atoms with Gasteiger partial charge in [0.25, 0.3) is 0 Å². The van der Waals surface area contributed by atoms with Crippen LogP contribution in [0.2, 0.25) is 0 Å². The Kier molecular flexibility index (Phi) is 5.29. The number of halogens is 2. The second-order valence-corrected chi connectivity index (χ2v) is 8.67. The van der Waals surface area contributed by atoms with Gasteiger partial charge < -0.3 is 5.32 Å². The van der Waals surface area contributed by atoms with E-state index in [0.717, 1.165) is 4.31 Å². The molecule has 0 aromatic heterocycles. The molecule has 4 nitrogen and oxygen atoms in total. The van der Waals surface area contributed by atoms with Crippen LogP contribution < -0.4 is 9.62 Å². The van der Waals surface area contributed by atoms with Gasteiger partial charge in [-0.25, -0.2) is 21.5 Å². The van der Waals surface area contributed by atoms with Crippen molar-refractivity contribution in [3.05, 3.63) is 59.2 Å². The molecule has 1 heterocycles. The van der Waals surface area contributed by atoms with E-state index in [1.165, 1.54) is 30.3 Å². The highest BCUT2D eigenvalue weighted by atomic mass is 32.2. The molecule has 1 atom stereocenters. The molecule has 0 radical (unpaired) electrons. The van der Waals surface area contributed by atoms with Gasteiger partial charge in [0.2, 0.25) is 10.0 Å². The number of benzene rings is 2. The zero-order chi connectivity index (χ0) is 18.9. The summed E-state index contributed by atoms with van der Waals surface area (Å²) in [5, 5.41) is 2.28. The Morgan fingerprint density at radius 3 is 2.58 bits per heavy atom. The second kappa shape index (κ2) is 7.32. The zero-order valence-corrected chi connectivity index (χ0v) is 15.6. The highest BCUT2D eigenvalue weighted by Gasteiger charge is 2.40. The minimum Gasteiger partial charge on any atom is -0.320 e. The third-order valence-electron chi connectivity index (χ3n) is 4.66. The zero-order valence-electron chi connectivity index (χ0n) is 14.8. The molecule has 1 N–H and O–H groups in total. The molecule has 0 amide bonds. The summed E-state index contributed by atoms with van der Waals surface area (Å²) >= 11 is 0. The average Bonchev–Trinajstić information content (AvgIpc) is 2.57. The van der Waals surface area contributed by atoms with Gasteiger partial charge in [-0.15, -0.1) is 0 Å². The highest BCUT2D eigenvalue weighted by Crippen LogP contribution is 2.41. The lowest BCUT2D eigenvalue weighted by molar-refractivity contribution is 0.550. The van der Waals surface area contributed by atoms with Gasteiger partial charge >= 0.3 is 0 Å². The second-order valence-electron chi connectivity index (χ2n) is 6.61. The molecule has 0 saturated carbocycles. The van der Waals surface area contributed by atoms with Crippen molar-refractivity contribution in [1.82, 2.24) is 5.32 Å². The van der Waals surface area contributed by atoms with Crippen molar-refractivity contribution in [3.63, 3.8) is 0 Å². The maximum Gasteiger partial charge on any atom is 0.242 e. The van der Waals surface area contributed by atoms with Gasteiger partial charge in [0.15, 0.2) is 0 Å². The molecule has 2 aromatic carbocycles. The van der Waals surface area contributed by atoms with Crippen LogP contribution in [0.4, 0.5) is 20.2 Å². The predicted molar refractivity (Wildman–Crippen MR) is 99.2 cm³/mol. The Balaban J connectivity index is 2.13. The lowest BCUT2D eigenvalue weighted by atomic mass is 10.0. The molecule has 26 heavy (non-hydrogen) atoms. The van der Waals surface area contributed by atoms with Gasteiger partial charge in [0, 0.05) is 0 Å². The molecule has 1 aliphatic heterocycles. The third kappa shape index (κ3) is 3.46. The molecule has 0 unspecified atom stereocenters. The molecule has 0 spiro atoms. The lowest BCUT2D eigenvalue weighted by Gasteiger charge is -2.35. The molecule has 1 aliphatic rings. The predicted octanol–water partition coefficient (Wildman–Crippen LogP) is 3.67. The van der Waals surface area contributed by atoms with Crippen molar-refractivity contribution >= 4 is 21.4 Å². The molecule has 0 bridgehead atoms. The lowest BCUT2D eigenvalue weighted by Crippen LogP contribution is -2.42. The monoisotopic (exact) mass is 380 g/mol. The summed E-state index contributed by atoms with van der Waals surface area (Å²) < 4.78 is 55.8. The van der Waals surface area contributed by atoms with Crippen molar-refractivity contribution in [3.8, 4) is 0 Å². The first-order chi connectivity index (χ1) is 12.3. The first-order valence-corrected chi connectivity index (χ1v) is 10.1. The summed E-state index contributed by atoms with van der Waals surface area (Å²) in [6.07, 6.45) is 1.31. The standard InChI is InChI=1S/C19H22F2N2O2S/c1-13-5-7-19(17(21)10-13)23-18-8-6-15(20)11-14(18)12-16(26(23,24)25)4-3-9-22-2/h5-8,10-11,16,22H,3-4,9,12H2,1-2H3/t16-/m1/s1. The van der Waals surface area contributed by atoms with Gasteiger partial charge in [-0.05, 0) is 81.2 Å². The molecular formula is C19H22F2N2O2S. The fourth-order valence-corrected chi connectivity index (χ4v) is 5.38. The van der Waals surface area contributed by atoms with Gasteiger partial charge in [0.05, 0.1) is 16.6 Å². The maximum absolute atomic E-state index is 14.6. The highest BCUT2D eigenvalue weighted by molar-refractivity contribution is 7.93. The minimum absolute atomic E-state index is 0.0261. The Labute approximate surface area is 152 Å². The van der Waals surface area contributed by atoms with Crippen LogP contribution in [0.1, 0.15) is 24.0 Å². The van der Waals surface area contributed by atoms with Crippen LogP contribution in [0.5, 0.6) is 0 Å². The topological polar surface area (TPSA) is 49.4 Å². The molecule has 7 heteroatoms. The van der Waals surface area contributed by atoms with Crippen LogP contribution in [0.25, 0.3) is 0 Å². The summed E-state index contributed by atoms with van der Waals surface area (Å²) in [7, 11) is -2.02. The van der Waals surface area contributed by atoms with E-state index in [2.05, 4.69) is 5.32 Å². The van der Waals surface area contributed by atoms with Crippen LogP contribution in [0.15, 0.2) is 36.4 Å². The number of nitrogens with zero attached hydrogens (tertiary/aromatic N) is 1. The average molecular weight is 380 g/mol. The Hall–Kier alpha value is -1.99. The summed E-state index contributed by atoms with van der Waals surface area (Å²) in [6, 6.07) is 8.39. The Bertz CT molecular complexity index is 916. The smallest absolute Gasteiger partial charge is 0.242 e. The van der Waals surface area contributed by atoms with E-state index in [4.69, 9.17) is 0 Å². The van der Waals surface area contributed by atoms with Crippen LogP contribution in [-0.4, -0.2) is 27.3 Å². The number of hydrogen-bond acceptors (Lipinski definition) is 3. The number of rotatable bonds is 5. The molecular weight excluding hydrogens is 358 g/mol. The van der Waals surface area contributed by atoms with Crippen LogP contribution in [-0.2, 0) is 16.4 Å². The summed E-state index contributed by atoms with van der Waals surface area (Å²) in [5.41, 5.74) is 1.57. The summed E-state index contributed by atoms with van der Waals surface area (Å²) in [4.78, 5) is 0. The number of aryl methyl sites for hydroxylation is 1. The number of fused-ring (bicyclic) bond motifs is 1. The Morgan fingerprint density at radius 1 is 1.15 bits per heavy atom. The fourth-order valence-electron chi connectivity index (χ4n) is 3.35. The van der Waals surface area contributed by atoms with E-state index in [1.807, 2.05) is 0 Å². The van der Waals surface area contributed by atoms with Gasteiger partial charge in [-0.2, -0.15) is 0 Å². The first kappa shape index (κ1) is 18.8. The van der Waals surface area contributed by atoms with Gasteiger partial charge in [0.1, 0.15) is 11.6 Å². The van der Waals surface area contributed by atoms with Crippen LogP contribution >= 0.6 is 0 Å². The Morgan fingerprint density at radius 2 is 1.88 bits per heavy atom. The third-order valence-corrected chi connectivity index (χ3v) is 6.81. The van der Waals surface area contributed by atoms with E-state index < -0.39 is 26.9 Å². The van der Waals surface area contributed by atoms with Crippen molar-refractivity contribution in [2.24, 2.45) is 0 Å². The van der Waals surface area contributed by atoms with E-state index >= 15 is 0 Å². The number of nitrogens with one attached hydrogen (secondary N) is 1. The van der Waals surface area contributed by atoms with Crippen LogP contribution in [0.3, 0.4) is 0 Å². The molecule has 140 valence electrons. The number of sulfonamides is 1. The van der Waals surface area contributed by atoms with E-state index in [9.17, 15) is 17.2 Å². The minimum atomic E-state index is -3.82. The molecule has 0 aliphatic carbocycles. The number of anilines is 2. The summed E-state index contributed by atoms with van der Waals surface area (Å²) in [5.74, 6) is -1.04. The van der Waals surface area contributed by atoms with Gasteiger partial charge in [-0.1, -0.05) is 6.07 Å². The number of hydrogen-bond donors (Lipinski definition) is 1. The fraction of sp³-hybridized carbons (Fsp3) is 0.368. The molecule has 3 rings (SSSR count). The van der Waals surface area contributed by atoms with Crippen molar-refractivity contribution in [1.29, 1.82) is 0 Å². The molecule has 2 aromatic rings. The van der Waals surface area contributed by atoms with Crippen LogP contribution in [0, 0.1) is 18.6 Å². The summed E-state index contributed by atoms with van der Waals surface area (Å²) in [6.45, 7) is 2.42. The SMILES string of the molecule is CNCCC[C@@H]1Cc2cc(F)ccc2N(c2ccc(C)cc2F)S1(=O)=O. The molecule has 0 fully saturated rings. The van der Waals surface area contributed by atoms with E-state index in [0.29, 0.717) is 36.2 Å². The van der Waals surface area contributed by atoms with E-state index in [-0.39, 0.29) is 12.1 Å². The first-order valence-electron chi connectivity index (χ1n) is 8.58. The largest absolute Gasteiger partial charge is 0.320 e. The maximum atomic E-state index is 14.6.